The molecule has 0 atom stereocenters. The van der Waals surface area contributed by atoms with Crippen LogP contribution in [-0.2, 0) is 22.6 Å². The van der Waals surface area contributed by atoms with Crippen LogP contribution in [0.1, 0.15) is 28.4 Å². The van der Waals surface area contributed by atoms with Crippen molar-refractivity contribution in [2.45, 2.75) is 19.9 Å². The molecule has 0 radical (unpaired) electrons. The molecule has 0 aliphatic heterocycles. The first kappa shape index (κ1) is 22.1. The van der Waals surface area contributed by atoms with Gasteiger partial charge in [0.25, 0.3) is 5.91 Å². The van der Waals surface area contributed by atoms with Crippen molar-refractivity contribution in [2.75, 3.05) is 5.32 Å². The van der Waals surface area contributed by atoms with E-state index in [1.54, 1.807) is 48.5 Å². The van der Waals surface area contributed by atoms with Crippen LogP contribution in [0.25, 0.3) is 0 Å². The molecule has 0 aromatic heterocycles. The molecule has 2 amide bonds. The molecule has 0 saturated heterocycles. The van der Waals surface area contributed by atoms with Gasteiger partial charge < -0.3 is 15.4 Å². The molecule has 3 aromatic carbocycles. The summed E-state index contributed by atoms with van der Waals surface area (Å²) in [6.07, 6.45) is 0.256. The van der Waals surface area contributed by atoms with Gasteiger partial charge in [0.1, 0.15) is 5.75 Å². The van der Waals surface area contributed by atoms with Gasteiger partial charge in [-0.05, 0) is 53.6 Å². The predicted octanol–water partition coefficient (Wildman–Crippen LogP) is 4.38. The molecule has 0 fully saturated rings. The Morgan fingerprint density at radius 3 is 2.39 bits per heavy atom. The van der Waals surface area contributed by atoms with Crippen molar-refractivity contribution in [3.8, 4) is 5.75 Å². The van der Waals surface area contributed by atoms with Gasteiger partial charge >= 0.3 is 5.97 Å². The molecule has 0 bridgehead atoms. The smallest absolute Gasteiger partial charge is 0.308 e. The monoisotopic (exact) mass is 436 g/mol. The highest BCUT2D eigenvalue weighted by Crippen LogP contribution is 2.17. The number of benzene rings is 3. The van der Waals surface area contributed by atoms with Gasteiger partial charge in [-0.15, -0.1) is 0 Å². The van der Waals surface area contributed by atoms with Crippen LogP contribution in [0.2, 0.25) is 5.02 Å². The molecule has 3 aromatic rings. The largest absolute Gasteiger partial charge is 0.427 e. The van der Waals surface area contributed by atoms with E-state index in [-0.39, 0.29) is 18.2 Å². The van der Waals surface area contributed by atoms with E-state index >= 15 is 0 Å². The van der Waals surface area contributed by atoms with Crippen molar-refractivity contribution < 1.29 is 19.1 Å². The van der Waals surface area contributed by atoms with Gasteiger partial charge in [-0.3, -0.25) is 14.4 Å². The molecule has 0 heterocycles. The second-order valence-electron chi connectivity index (χ2n) is 6.86. The molecule has 0 spiro atoms. The van der Waals surface area contributed by atoms with Crippen molar-refractivity contribution in [3.05, 3.63) is 94.5 Å². The van der Waals surface area contributed by atoms with Crippen LogP contribution in [0.4, 0.5) is 5.69 Å². The number of hydrogen-bond donors (Lipinski definition) is 2. The summed E-state index contributed by atoms with van der Waals surface area (Å²) in [7, 11) is 0. The first-order chi connectivity index (χ1) is 14.9. The van der Waals surface area contributed by atoms with Gasteiger partial charge in [0.2, 0.25) is 5.91 Å². The maximum Gasteiger partial charge on any atom is 0.308 e. The summed E-state index contributed by atoms with van der Waals surface area (Å²) in [6, 6.07) is 20.7. The molecule has 31 heavy (non-hydrogen) atoms. The summed E-state index contributed by atoms with van der Waals surface area (Å²) in [5.41, 5.74) is 2.67. The van der Waals surface area contributed by atoms with E-state index in [1.807, 2.05) is 18.2 Å². The number of anilines is 1. The third-order valence-electron chi connectivity index (χ3n) is 4.31. The van der Waals surface area contributed by atoms with Crippen LogP contribution in [0, 0.1) is 0 Å². The number of halogens is 1. The highest BCUT2D eigenvalue weighted by atomic mass is 35.5. The first-order valence-electron chi connectivity index (χ1n) is 9.59. The Kier molecular flexibility index (Phi) is 7.40. The molecule has 6 nitrogen and oxygen atoms in total. The van der Waals surface area contributed by atoms with E-state index in [2.05, 4.69) is 10.6 Å². The molecule has 0 unspecified atom stereocenters. The number of amides is 2. The van der Waals surface area contributed by atoms with Crippen molar-refractivity contribution in [1.82, 2.24) is 5.32 Å². The van der Waals surface area contributed by atoms with Gasteiger partial charge in [0.15, 0.2) is 0 Å². The Bertz CT molecular complexity index is 1100. The third-order valence-corrected chi connectivity index (χ3v) is 4.56. The maximum absolute atomic E-state index is 12.5. The lowest BCUT2D eigenvalue weighted by Crippen LogP contribution is -2.24. The van der Waals surface area contributed by atoms with E-state index in [4.69, 9.17) is 16.3 Å². The molecular weight excluding hydrogens is 416 g/mol. The SMILES string of the molecule is CC(=O)Oc1cccc(C(=O)Nc2cccc(CNC(=O)Cc3ccc(Cl)cc3)c2)c1. The number of rotatable bonds is 7. The summed E-state index contributed by atoms with van der Waals surface area (Å²) >= 11 is 5.86. The van der Waals surface area contributed by atoms with Crippen LogP contribution in [0.15, 0.2) is 72.8 Å². The van der Waals surface area contributed by atoms with Crippen molar-refractivity contribution in [3.63, 3.8) is 0 Å². The zero-order chi connectivity index (χ0) is 22.2. The number of carbonyl (C=O) groups excluding carboxylic acids is 3. The van der Waals surface area contributed by atoms with Gasteiger partial charge in [0, 0.05) is 29.7 Å². The number of nitrogens with one attached hydrogen (secondary N) is 2. The zero-order valence-corrected chi connectivity index (χ0v) is 17.6. The maximum atomic E-state index is 12.5. The Hall–Kier alpha value is -3.64. The zero-order valence-electron chi connectivity index (χ0n) is 16.9. The second kappa shape index (κ2) is 10.4. The van der Waals surface area contributed by atoms with Crippen molar-refractivity contribution in [2.24, 2.45) is 0 Å². The minimum atomic E-state index is -0.455. The Morgan fingerprint density at radius 1 is 0.903 bits per heavy atom. The topological polar surface area (TPSA) is 84.5 Å². The Labute approximate surface area is 185 Å². The lowest BCUT2D eigenvalue weighted by molar-refractivity contribution is -0.131. The fourth-order valence-corrected chi connectivity index (χ4v) is 3.01. The fourth-order valence-electron chi connectivity index (χ4n) is 2.88. The van der Waals surface area contributed by atoms with E-state index in [9.17, 15) is 14.4 Å². The Balaban J connectivity index is 1.57. The van der Waals surface area contributed by atoms with Gasteiger partial charge in [-0.25, -0.2) is 0 Å². The van der Waals surface area contributed by atoms with Crippen LogP contribution in [0.3, 0.4) is 0 Å². The minimum Gasteiger partial charge on any atom is -0.427 e. The van der Waals surface area contributed by atoms with E-state index in [1.165, 1.54) is 13.0 Å². The van der Waals surface area contributed by atoms with Crippen LogP contribution >= 0.6 is 11.6 Å². The third kappa shape index (κ3) is 6.97. The lowest BCUT2D eigenvalue weighted by atomic mass is 10.1. The predicted molar refractivity (Wildman–Crippen MR) is 119 cm³/mol. The van der Waals surface area contributed by atoms with E-state index in [0.717, 1.165) is 11.1 Å². The number of esters is 1. The summed E-state index contributed by atoms with van der Waals surface area (Å²) in [4.78, 5) is 35.8. The van der Waals surface area contributed by atoms with Crippen LogP contribution < -0.4 is 15.4 Å². The quantitative estimate of drug-likeness (QED) is 0.425. The van der Waals surface area contributed by atoms with E-state index < -0.39 is 5.97 Å². The van der Waals surface area contributed by atoms with Gasteiger partial charge in [0.05, 0.1) is 6.42 Å². The van der Waals surface area contributed by atoms with Crippen molar-refractivity contribution >= 4 is 35.1 Å². The lowest BCUT2D eigenvalue weighted by Gasteiger charge is -2.10. The Morgan fingerprint density at radius 2 is 1.65 bits per heavy atom. The molecule has 158 valence electrons. The molecule has 0 aliphatic rings. The second-order valence-corrected chi connectivity index (χ2v) is 7.29. The highest BCUT2D eigenvalue weighted by molar-refractivity contribution is 6.30. The van der Waals surface area contributed by atoms with Crippen LogP contribution in [-0.4, -0.2) is 17.8 Å². The van der Waals surface area contributed by atoms with E-state index in [0.29, 0.717) is 28.6 Å². The number of ether oxygens (including phenoxy) is 1. The molecule has 2 N–H and O–H groups in total. The van der Waals surface area contributed by atoms with Crippen LogP contribution in [0.5, 0.6) is 5.75 Å². The molecule has 3 rings (SSSR count). The normalized spacial score (nSPS) is 10.3. The molecular formula is C24H21ClN2O4. The minimum absolute atomic E-state index is 0.112. The highest BCUT2D eigenvalue weighted by Gasteiger charge is 2.09. The summed E-state index contributed by atoms with van der Waals surface area (Å²) < 4.78 is 5.01. The summed E-state index contributed by atoms with van der Waals surface area (Å²) in [5, 5.41) is 6.30. The van der Waals surface area contributed by atoms with Gasteiger partial charge in [-0.2, -0.15) is 0 Å². The van der Waals surface area contributed by atoms with Crippen molar-refractivity contribution in [1.29, 1.82) is 0 Å². The summed E-state index contributed by atoms with van der Waals surface area (Å²) in [6.45, 7) is 1.63. The average Bonchev–Trinajstić information content (AvgIpc) is 2.74. The van der Waals surface area contributed by atoms with Gasteiger partial charge in [-0.1, -0.05) is 41.9 Å². The molecule has 0 aliphatic carbocycles. The average molecular weight is 437 g/mol. The number of carbonyl (C=O) groups is 3. The molecule has 7 heteroatoms. The first-order valence-corrected chi connectivity index (χ1v) is 9.97. The number of hydrogen-bond acceptors (Lipinski definition) is 4. The summed E-state index contributed by atoms with van der Waals surface area (Å²) in [5.74, 6) is -0.599. The molecule has 0 saturated carbocycles. The standard InChI is InChI=1S/C24H21ClN2O4/c1-16(28)31-22-7-3-5-19(14-22)24(30)27-21-6-2-4-18(12-21)15-26-23(29)13-17-8-10-20(25)11-9-17/h2-12,14H,13,15H2,1H3,(H,26,29)(H,27,30). The fraction of sp³-hybridized carbons (Fsp3) is 0.125.